The summed E-state index contributed by atoms with van der Waals surface area (Å²) in [6, 6.07) is -2.12. The molecule has 0 saturated heterocycles. The molecular formula is C27H49N4Na2O7-. The van der Waals surface area contributed by atoms with Crippen molar-refractivity contribution in [3.63, 3.8) is 0 Å². The van der Waals surface area contributed by atoms with E-state index in [-0.39, 0.29) is 96.2 Å². The molecule has 0 saturated carbocycles. The fourth-order valence-electron chi connectivity index (χ4n) is 3.93. The summed E-state index contributed by atoms with van der Waals surface area (Å²) >= 11 is 0. The average molecular weight is 588 g/mol. The molecule has 0 bridgehead atoms. The first kappa shape index (κ1) is 46.4. The van der Waals surface area contributed by atoms with Crippen molar-refractivity contribution in [3.8, 4) is 0 Å². The van der Waals surface area contributed by atoms with Crippen LogP contribution >= 0.6 is 0 Å². The Morgan fingerprint density at radius 2 is 1.25 bits per heavy atom. The number of carboxylic acid groups (broad SMARTS) is 1. The van der Waals surface area contributed by atoms with Crippen molar-refractivity contribution < 1.29 is 93.7 Å². The maximum atomic E-state index is 12.8. The molecule has 0 rings (SSSR count). The van der Waals surface area contributed by atoms with Crippen molar-refractivity contribution >= 4 is 30.0 Å². The molecule has 0 heterocycles. The number of aliphatic carboxylic acids is 1. The van der Waals surface area contributed by atoms with Gasteiger partial charge < -0.3 is 41.4 Å². The second kappa shape index (κ2) is 33.0. The summed E-state index contributed by atoms with van der Waals surface area (Å²) in [5, 5.41) is 21.5. The molecule has 0 aliphatic heterocycles. The first-order valence-corrected chi connectivity index (χ1v) is 13.9. The molecule has 0 fully saturated rings. The van der Waals surface area contributed by atoms with Crippen LogP contribution < -0.4 is 85.5 Å². The Morgan fingerprint density at radius 1 is 0.725 bits per heavy atom. The van der Waals surface area contributed by atoms with Gasteiger partial charge in [-0.25, -0.2) is 0 Å². The molecule has 11 nitrogen and oxygen atoms in total. The van der Waals surface area contributed by atoms with E-state index in [0.29, 0.717) is 19.5 Å². The Morgan fingerprint density at radius 3 is 1.75 bits per heavy atom. The number of amides is 3. The predicted octanol–water partition coefficient (Wildman–Crippen LogP) is -4.76. The SMILES string of the molecule is CCCCCCCCCCCCCC(=O)NC(CC[C-]=O)C(=O)NC(CCC(=O)[O-])C(=O)NCCNC.[Na+].[Na+].[OH-]. The second-order valence-electron chi connectivity index (χ2n) is 9.46. The number of carbonyl (C=O) groups excluding carboxylic acids is 5. The standard InChI is InChI=1S/C27H49N4O6.2Na.H2O/c1-3-4-5-6-7-8-9-10-11-12-13-16-24(33)30-22(15-14-21-32)27(37)31-23(17-18-25(34)35)26(36)29-20-19-28-2;;;/h22-23,28H,3-20H2,1-2H3,(H,29,36)(H,30,33)(H,31,37)(H,34,35);;;1H2/q-1;2*+1;/p-2. The van der Waals surface area contributed by atoms with E-state index in [0.717, 1.165) is 19.3 Å². The zero-order valence-corrected chi connectivity index (χ0v) is 29.3. The van der Waals surface area contributed by atoms with E-state index in [9.17, 15) is 29.1 Å². The average Bonchev–Trinajstić information content (AvgIpc) is 2.87. The number of carbonyl (C=O) groups is 4. The zero-order chi connectivity index (χ0) is 27.7. The van der Waals surface area contributed by atoms with E-state index in [4.69, 9.17) is 0 Å². The summed E-state index contributed by atoms with van der Waals surface area (Å²) in [5.74, 6) is -2.81. The van der Waals surface area contributed by atoms with Crippen molar-refractivity contribution in [2.75, 3.05) is 20.1 Å². The summed E-state index contributed by atoms with van der Waals surface area (Å²) in [4.78, 5) is 59.3. The molecule has 0 radical (unpaired) electrons. The Bertz CT molecular complexity index is 673. The summed E-state index contributed by atoms with van der Waals surface area (Å²) in [6.45, 7) is 3.01. The second-order valence-corrected chi connectivity index (χ2v) is 9.46. The van der Waals surface area contributed by atoms with E-state index >= 15 is 0 Å². The van der Waals surface area contributed by atoms with Gasteiger partial charge in [-0.1, -0.05) is 71.1 Å². The molecule has 0 aromatic rings. The topological polar surface area (TPSA) is 187 Å². The number of hydrogen-bond donors (Lipinski definition) is 4. The summed E-state index contributed by atoms with van der Waals surface area (Å²) in [5.41, 5.74) is 0. The monoisotopic (exact) mass is 587 g/mol. The van der Waals surface area contributed by atoms with Crippen LogP contribution in [0.4, 0.5) is 0 Å². The van der Waals surface area contributed by atoms with Crippen LogP contribution in [-0.4, -0.2) is 67.7 Å². The third-order valence-corrected chi connectivity index (χ3v) is 6.14. The normalized spacial score (nSPS) is 11.4. The number of rotatable bonds is 25. The van der Waals surface area contributed by atoms with Crippen molar-refractivity contribution in [3.05, 3.63) is 0 Å². The van der Waals surface area contributed by atoms with E-state index in [1.165, 1.54) is 44.9 Å². The van der Waals surface area contributed by atoms with Crippen LogP contribution in [-0.2, 0) is 24.0 Å². The smallest absolute Gasteiger partial charge is 0.870 e. The number of hydrogen-bond acceptors (Lipinski definition) is 8. The fraction of sp³-hybridized carbons (Fsp3) is 0.815. The zero-order valence-electron chi connectivity index (χ0n) is 25.3. The molecule has 0 aromatic carbocycles. The van der Waals surface area contributed by atoms with Crippen molar-refractivity contribution in [1.82, 2.24) is 21.3 Å². The van der Waals surface area contributed by atoms with Gasteiger partial charge >= 0.3 is 59.1 Å². The molecule has 0 spiro atoms. The van der Waals surface area contributed by atoms with Gasteiger partial charge in [0.1, 0.15) is 12.1 Å². The van der Waals surface area contributed by atoms with Crippen LogP contribution in [0, 0.1) is 0 Å². The summed E-state index contributed by atoms with van der Waals surface area (Å²) < 4.78 is 0. The van der Waals surface area contributed by atoms with Gasteiger partial charge in [0.15, 0.2) is 0 Å². The molecule has 3 amide bonds. The molecule has 2 atom stereocenters. The fourth-order valence-corrected chi connectivity index (χ4v) is 3.93. The van der Waals surface area contributed by atoms with Gasteiger partial charge in [-0.2, -0.15) is 6.42 Å². The van der Waals surface area contributed by atoms with Crippen LogP contribution in [0.15, 0.2) is 0 Å². The van der Waals surface area contributed by atoms with Crippen molar-refractivity contribution in [2.45, 2.75) is 122 Å². The quantitative estimate of drug-likeness (QED) is 0.0466. The molecule has 5 N–H and O–H groups in total. The minimum Gasteiger partial charge on any atom is -0.870 e. The third kappa shape index (κ3) is 27.6. The Kier molecular flexibility index (Phi) is 38.3. The van der Waals surface area contributed by atoms with Crippen LogP contribution in [0.2, 0.25) is 0 Å². The van der Waals surface area contributed by atoms with Gasteiger partial charge in [0.25, 0.3) is 0 Å². The van der Waals surface area contributed by atoms with Gasteiger partial charge in [-0.3, -0.25) is 20.7 Å². The largest absolute Gasteiger partial charge is 1.00 e. The summed E-state index contributed by atoms with van der Waals surface area (Å²) in [6.07, 6.45) is 14.2. The third-order valence-electron chi connectivity index (χ3n) is 6.14. The maximum absolute atomic E-state index is 12.8. The van der Waals surface area contributed by atoms with E-state index in [1.807, 2.05) is 0 Å². The van der Waals surface area contributed by atoms with Gasteiger partial charge in [-0.15, -0.1) is 0 Å². The first-order chi connectivity index (χ1) is 17.8. The summed E-state index contributed by atoms with van der Waals surface area (Å²) in [7, 11) is 1.72. The van der Waals surface area contributed by atoms with Gasteiger partial charge in [-0.05, 0) is 32.7 Å². The first-order valence-electron chi connectivity index (χ1n) is 13.9. The molecule has 0 aliphatic carbocycles. The van der Waals surface area contributed by atoms with Crippen LogP contribution in [0.3, 0.4) is 0 Å². The van der Waals surface area contributed by atoms with Gasteiger partial charge in [0, 0.05) is 25.5 Å². The van der Waals surface area contributed by atoms with E-state index in [1.54, 1.807) is 13.3 Å². The molecule has 13 heteroatoms. The van der Waals surface area contributed by atoms with Crippen molar-refractivity contribution in [2.24, 2.45) is 0 Å². The molecule has 0 aromatic heterocycles. The Labute approximate surface area is 284 Å². The van der Waals surface area contributed by atoms with Crippen LogP contribution in [0.25, 0.3) is 0 Å². The Hall–Kier alpha value is -0.530. The van der Waals surface area contributed by atoms with E-state index in [2.05, 4.69) is 28.2 Å². The molecule has 2 unspecified atom stereocenters. The maximum Gasteiger partial charge on any atom is 1.00 e. The minimum absolute atomic E-state index is 0. The molecular weight excluding hydrogens is 538 g/mol. The van der Waals surface area contributed by atoms with E-state index < -0.39 is 36.3 Å². The number of nitrogens with one attached hydrogen (secondary N) is 4. The Balaban J connectivity index is -0.00000216. The van der Waals surface area contributed by atoms with Crippen LogP contribution in [0.5, 0.6) is 0 Å². The molecule has 222 valence electrons. The van der Waals surface area contributed by atoms with Gasteiger partial charge in [0.05, 0.1) is 0 Å². The van der Waals surface area contributed by atoms with Crippen LogP contribution in [0.1, 0.15) is 110 Å². The molecule has 0 aliphatic rings. The number of carboxylic acids is 1. The number of unbranched alkanes of at least 4 members (excludes halogenated alkanes) is 10. The minimum atomic E-state index is -1.34. The van der Waals surface area contributed by atoms with Gasteiger partial charge in [0.2, 0.25) is 17.7 Å². The molecule has 40 heavy (non-hydrogen) atoms. The number of likely N-dealkylation sites (N-methyl/N-ethyl adjacent to an activating group) is 1. The predicted molar refractivity (Wildman–Crippen MR) is 143 cm³/mol. The van der Waals surface area contributed by atoms with Crippen molar-refractivity contribution in [1.29, 1.82) is 0 Å².